The van der Waals surface area contributed by atoms with Crippen molar-refractivity contribution in [3.63, 3.8) is 0 Å². The maximum atomic E-state index is 12.8. The Morgan fingerprint density at radius 1 is 1.23 bits per heavy atom. The van der Waals surface area contributed by atoms with Crippen LogP contribution in [0.3, 0.4) is 0 Å². The number of hydrogen-bond acceptors (Lipinski definition) is 6. The first-order valence-electron chi connectivity index (χ1n) is 9.52. The van der Waals surface area contributed by atoms with E-state index in [1.165, 1.54) is 12.4 Å². The molecule has 3 aromatic rings. The zero-order chi connectivity index (χ0) is 21.5. The molecule has 1 aromatic carbocycles. The number of benzene rings is 1. The van der Waals surface area contributed by atoms with E-state index in [0.717, 1.165) is 0 Å². The van der Waals surface area contributed by atoms with Gasteiger partial charge in [-0.2, -0.15) is 0 Å². The van der Waals surface area contributed by atoms with Crippen molar-refractivity contribution in [2.45, 2.75) is 44.5 Å². The largest absolute Gasteiger partial charge is 0.388 e. The molecular formula is C21H21Cl2N5O2. The Morgan fingerprint density at radius 2 is 2.03 bits per heavy atom. The van der Waals surface area contributed by atoms with Gasteiger partial charge in [-0.3, -0.25) is 14.7 Å². The number of fused-ring (bicyclic) bond motifs is 1. The maximum absolute atomic E-state index is 12.8. The number of hydrogen-bond donors (Lipinski definition) is 2. The fraction of sp³-hybridized carbons (Fsp3) is 0.333. The lowest BCUT2D eigenvalue weighted by Gasteiger charge is -2.41. The first-order chi connectivity index (χ1) is 14.3. The second kappa shape index (κ2) is 8.07. The quantitative estimate of drug-likeness (QED) is 0.637. The molecule has 156 valence electrons. The summed E-state index contributed by atoms with van der Waals surface area (Å²) in [4.78, 5) is 25.7. The fourth-order valence-electron chi connectivity index (χ4n) is 3.73. The minimum absolute atomic E-state index is 0.175. The lowest BCUT2D eigenvalue weighted by atomic mass is 9.80. The normalized spacial score (nSPS) is 18.6. The first-order valence-corrected chi connectivity index (χ1v) is 10.3. The Kier molecular flexibility index (Phi) is 5.63. The summed E-state index contributed by atoms with van der Waals surface area (Å²) >= 11 is 12.1. The molecule has 0 saturated carbocycles. The molecule has 0 bridgehead atoms. The van der Waals surface area contributed by atoms with Gasteiger partial charge in [0.15, 0.2) is 0 Å². The van der Waals surface area contributed by atoms with Gasteiger partial charge >= 0.3 is 0 Å². The molecule has 2 atom stereocenters. The molecule has 1 aliphatic heterocycles. The van der Waals surface area contributed by atoms with E-state index >= 15 is 0 Å². The van der Waals surface area contributed by atoms with Gasteiger partial charge in [0.25, 0.3) is 5.56 Å². The van der Waals surface area contributed by atoms with Crippen LogP contribution in [0.5, 0.6) is 0 Å². The monoisotopic (exact) mass is 445 g/mol. The molecule has 2 N–H and O–H groups in total. The summed E-state index contributed by atoms with van der Waals surface area (Å²) in [5.41, 5.74) is 1.14. The highest BCUT2D eigenvalue weighted by molar-refractivity contribution is 6.42. The predicted molar refractivity (Wildman–Crippen MR) is 116 cm³/mol. The third-order valence-corrected chi connectivity index (χ3v) is 6.28. The SMILES string of the molecule is CC1(C)NCn2c(nc(-c3ccncn3)cc2=O)C1CC(O)c1ccc(Cl)c(Cl)c1. The molecule has 30 heavy (non-hydrogen) atoms. The Labute approximate surface area is 183 Å². The van der Waals surface area contributed by atoms with E-state index in [1.54, 1.807) is 35.0 Å². The molecule has 0 spiro atoms. The number of halogens is 2. The van der Waals surface area contributed by atoms with Crippen LogP contribution >= 0.6 is 23.2 Å². The molecule has 4 rings (SSSR count). The summed E-state index contributed by atoms with van der Waals surface area (Å²) in [6, 6.07) is 8.26. The van der Waals surface area contributed by atoms with E-state index in [9.17, 15) is 9.90 Å². The van der Waals surface area contributed by atoms with Gasteiger partial charge in [-0.1, -0.05) is 29.3 Å². The van der Waals surface area contributed by atoms with Crippen molar-refractivity contribution in [2.24, 2.45) is 0 Å². The van der Waals surface area contributed by atoms with E-state index in [4.69, 9.17) is 28.2 Å². The minimum Gasteiger partial charge on any atom is -0.388 e. The van der Waals surface area contributed by atoms with Gasteiger partial charge in [0.05, 0.1) is 34.2 Å². The Morgan fingerprint density at radius 3 is 2.73 bits per heavy atom. The van der Waals surface area contributed by atoms with Crippen LogP contribution in [0, 0.1) is 0 Å². The van der Waals surface area contributed by atoms with Crippen molar-refractivity contribution in [1.82, 2.24) is 24.8 Å². The van der Waals surface area contributed by atoms with Crippen LogP contribution in [-0.2, 0) is 6.67 Å². The van der Waals surface area contributed by atoms with Gasteiger partial charge in [-0.25, -0.2) is 15.0 Å². The molecule has 0 saturated heterocycles. The van der Waals surface area contributed by atoms with Crippen molar-refractivity contribution in [1.29, 1.82) is 0 Å². The van der Waals surface area contributed by atoms with Crippen molar-refractivity contribution in [3.05, 3.63) is 74.6 Å². The van der Waals surface area contributed by atoms with Gasteiger partial charge in [-0.05, 0) is 44.0 Å². The van der Waals surface area contributed by atoms with E-state index < -0.39 is 11.6 Å². The Balaban J connectivity index is 1.75. The fourth-order valence-corrected chi connectivity index (χ4v) is 4.04. The third-order valence-electron chi connectivity index (χ3n) is 5.55. The standard InChI is InChI=1S/C21H21Cl2N5O2/c1-21(2)13(8-18(29)12-3-4-14(22)15(23)7-12)20-27-17(16-5-6-24-10-25-16)9-19(30)28(20)11-26-21/h3-7,9-10,13,18,26,29H,8,11H2,1-2H3. The molecule has 2 unspecified atom stereocenters. The summed E-state index contributed by atoms with van der Waals surface area (Å²) in [6.07, 6.45) is 2.57. The van der Waals surface area contributed by atoms with Crippen molar-refractivity contribution in [2.75, 3.05) is 0 Å². The number of nitrogens with zero attached hydrogens (tertiary/aromatic N) is 4. The van der Waals surface area contributed by atoms with Crippen LogP contribution in [0.15, 0.2) is 47.7 Å². The predicted octanol–water partition coefficient (Wildman–Crippen LogP) is 3.55. The highest BCUT2D eigenvalue weighted by atomic mass is 35.5. The average Bonchev–Trinajstić information content (AvgIpc) is 2.72. The van der Waals surface area contributed by atoms with Gasteiger partial charge in [0.2, 0.25) is 0 Å². The van der Waals surface area contributed by atoms with Crippen LogP contribution in [0.1, 0.15) is 43.7 Å². The molecule has 0 fully saturated rings. The molecule has 9 heteroatoms. The van der Waals surface area contributed by atoms with Crippen molar-refractivity contribution >= 4 is 23.2 Å². The third kappa shape index (κ3) is 3.98. The van der Waals surface area contributed by atoms with Crippen molar-refractivity contribution in [3.8, 4) is 11.4 Å². The summed E-state index contributed by atoms with van der Waals surface area (Å²) in [6.45, 7) is 4.41. The Bertz CT molecular complexity index is 1130. The van der Waals surface area contributed by atoms with Gasteiger partial charge in [0, 0.05) is 23.7 Å². The number of nitrogens with one attached hydrogen (secondary N) is 1. The molecule has 1 aliphatic rings. The minimum atomic E-state index is -0.808. The molecular weight excluding hydrogens is 425 g/mol. The maximum Gasteiger partial charge on any atom is 0.255 e. The number of aliphatic hydroxyl groups is 1. The lowest BCUT2D eigenvalue weighted by molar-refractivity contribution is 0.119. The van der Waals surface area contributed by atoms with Crippen LogP contribution in [-0.4, -0.2) is 30.2 Å². The molecule has 0 radical (unpaired) electrons. The zero-order valence-electron chi connectivity index (χ0n) is 16.5. The van der Waals surface area contributed by atoms with E-state index in [2.05, 4.69) is 15.3 Å². The Hall–Kier alpha value is -2.32. The molecule has 0 aliphatic carbocycles. The van der Waals surface area contributed by atoms with Crippen LogP contribution in [0.2, 0.25) is 10.0 Å². The highest BCUT2D eigenvalue weighted by Gasteiger charge is 2.39. The van der Waals surface area contributed by atoms with Crippen LogP contribution in [0.25, 0.3) is 11.4 Å². The molecule has 3 heterocycles. The lowest BCUT2D eigenvalue weighted by Crippen LogP contribution is -2.53. The first kappa shape index (κ1) is 20.9. The van der Waals surface area contributed by atoms with Crippen LogP contribution in [0.4, 0.5) is 0 Å². The van der Waals surface area contributed by atoms with Crippen LogP contribution < -0.4 is 10.9 Å². The van der Waals surface area contributed by atoms with E-state index in [0.29, 0.717) is 45.9 Å². The summed E-state index contributed by atoms with van der Waals surface area (Å²) in [7, 11) is 0. The average molecular weight is 446 g/mol. The van der Waals surface area contributed by atoms with Gasteiger partial charge < -0.3 is 5.11 Å². The number of aromatic nitrogens is 4. The van der Waals surface area contributed by atoms with E-state index in [-0.39, 0.29) is 11.5 Å². The molecule has 7 nitrogen and oxygen atoms in total. The highest BCUT2D eigenvalue weighted by Crippen LogP contribution is 2.38. The summed E-state index contributed by atoms with van der Waals surface area (Å²) in [5, 5.41) is 15.1. The summed E-state index contributed by atoms with van der Waals surface area (Å²) < 4.78 is 1.60. The van der Waals surface area contributed by atoms with E-state index in [1.807, 2.05) is 13.8 Å². The zero-order valence-corrected chi connectivity index (χ0v) is 18.0. The van der Waals surface area contributed by atoms with Crippen molar-refractivity contribution < 1.29 is 5.11 Å². The second-order valence-corrected chi connectivity index (χ2v) is 8.71. The smallest absolute Gasteiger partial charge is 0.255 e. The molecule has 0 amide bonds. The van der Waals surface area contributed by atoms with Gasteiger partial charge in [-0.15, -0.1) is 0 Å². The number of rotatable bonds is 4. The topological polar surface area (TPSA) is 92.9 Å². The summed E-state index contributed by atoms with van der Waals surface area (Å²) in [5.74, 6) is 0.365. The second-order valence-electron chi connectivity index (χ2n) is 7.89. The van der Waals surface area contributed by atoms with Gasteiger partial charge in [0.1, 0.15) is 12.2 Å². The molecule has 2 aromatic heterocycles. The number of aliphatic hydroxyl groups excluding tert-OH is 1.